The van der Waals surface area contributed by atoms with Gasteiger partial charge in [-0.15, -0.1) is 10.2 Å². The Hall–Kier alpha value is -3.63. The van der Waals surface area contributed by atoms with Crippen LogP contribution in [0.5, 0.6) is 0 Å². The fourth-order valence-corrected chi connectivity index (χ4v) is 4.77. The van der Waals surface area contributed by atoms with E-state index in [1.807, 2.05) is 34.9 Å². The van der Waals surface area contributed by atoms with Gasteiger partial charge in [0.1, 0.15) is 0 Å². The first-order valence-electron chi connectivity index (χ1n) is 9.54. The normalized spacial score (nSPS) is 11.2. The second-order valence-corrected chi connectivity index (χ2v) is 9.35. The molecule has 0 bridgehead atoms. The number of para-hydroxylation sites is 1. The van der Waals surface area contributed by atoms with E-state index in [4.69, 9.17) is 5.73 Å². The van der Waals surface area contributed by atoms with Crippen molar-refractivity contribution in [2.45, 2.75) is 10.1 Å². The molecule has 1 heterocycles. The highest BCUT2D eigenvalue weighted by atomic mass is 32.2. The van der Waals surface area contributed by atoms with Gasteiger partial charge >= 0.3 is 0 Å². The van der Waals surface area contributed by atoms with Crippen LogP contribution in [-0.2, 0) is 14.8 Å². The third-order valence-corrected chi connectivity index (χ3v) is 6.79. The molecule has 0 saturated carbocycles. The summed E-state index contributed by atoms with van der Waals surface area (Å²) in [6, 6.07) is 24.5. The number of nitrogens with two attached hydrogens (primary N) is 1. The van der Waals surface area contributed by atoms with E-state index < -0.39 is 15.9 Å². The van der Waals surface area contributed by atoms with Gasteiger partial charge in [0.05, 0.1) is 10.6 Å². The van der Waals surface area contributed by atoms with Gasteiger partial charge < -0.3 is 5.73 Å². The number of hydrogen-bond donors (Lipinski definition) is 2. The Labute approximate surface area is 189 Å². The number of amides is 1. The summed E-state index contributed by atoms with van der Waals surface area (Å²) in [5.41, 5.74) is 7.26. The van der Waals surface area contributed by atoms with Gasteiger partial charge in [0.25, 0.3) is 10.0 Å². The van der Waals surface area contributed by atoms with Gasteiger partial charge in [-0.3, -0.25) is 14.1 Å². The maximum atomic E-state index is 12.5. The molecule has 3 N–H and O–H groups in total. The van der Waals surface area contributed by atoms with E-state index in [2.05, 4.69) is 14.9 Å². The standard InChI is InChI=1S/C22H19N5O3S2/c23-20(28)15-31-22-25-24-21(27(22)18-7-3-1-4-8-18)16-11-13-17(14-12-16)26-32(29,30)19-9-5-2-6-10-19/h1-14,26H,15H2,(H2,23,28). The van der Waals surface area contributed by atoms with Crippen LogP contribution in [0.25, 0.3) is 17.1 Å². The first kappa shape index (κ1) is 21.6. The third-order valence-electron chi connectivity index (χ3n) is 4.44. The molecule has 8 nitrogen and oxygen atoms in total. The van der Waals surface area contributed by atoms with Crippen LogP contribution in [-0.4, -0.2) is 34.8 Å². The number of sulfonamides is 1. The molecule has 162 valence electrons. The lowest BCUT2D eigenvalue weighted by Crippen LogP contribution is -2.13. The van der Waals surface area contributed by atoms with Crippen LogP contribution in [0.3, 0.4) is 0 Å². The first-order valence-corrected chi connectivity index (χ1v) is 12.0. The highest BCUT2D eigenvalue weighted by Gasteiger charge is 2.18. The Kier molecular flexibility index (Phi) is 6.24. The molecular formula is C22H19N5O3S2. The van der Waals surface area contributed by atoms with Gasteiger partial charge in [-0.1, -0.05) is 48.2 Å². The number of hydrogen-bond acceptors (Lipinski definition) is 6. The SMILES string of the molecule is NC(=O)CSc1nnc(-c2ccc(NS(=O)(=O)c3ccccc3)cc2)n1-c1ccccc1. The van der Waals surface area contributed by atoms with Crippen molar-refractivity contribution in [3.05, 3.63) is 84.9 Å². The number of nitrogens with zero attached hydrogens (tertiary/aromatic N) is 3. The van der Waals surface area contributed by atoms with Crippen molar-refractivity contribution in [2.75, 3.05) is 10.5 Å². The molecule has 0 aliphatic heterocycles. The van der Waals surface area contributed by atoms with Crippen molar-refractivity contribution >= 4 is 33.4 Å². The van der Waals surface area contributed by atoms with Gasteiger partial charge in [-0.25, -0.2) is 8.42 Å². The molecule has 1 aromatic heterocycles. The van der Waals surface area contributed by atoms with Gasteiger partial charge in [-0.2, -0.15) is 0 Å². The van der Waals surface area contributed by atoms with Crippen LogP contribution >= 0.6 is 11.8 Å². The maximum Gasteiger partial charge on any atom is 0.261 e. The van der Waals surface area contributed by atoms with Crippen LogP contribution in [0.15, 0.2) is 95.0 Å². The first-order chi connectivity index (χ1) is 15.4. The van der Waals surface area contributed by atoms with Gasteiger partial charge in [-0.05, 0) is 48.5 Å². The number of aromatic nitrogens is 3. The molecule has 0 saturated heterocycles. The number of thioether (sulfide) groups is 1. The number of carbonyl (C=O) groups is 1. The summed E-state index contributed by atoms with van der Waals surface area (Å²) in [6.07, 6.45) is 0. The maximum absolute atomic E-state index is 12.5. The molecule has 10 heteroatoms. The zero-order valence-corrected chi connectivity index (χ0v) is 18.4. The predicted octanol–water partition coefficient (Wildman–Crippen LogP) is 3.31. The zero-order valence-electron chi connectivity index (χ0n) is 16.8. The Morgan fingerprint density at radius 3 is 2.16 bits per heavy atom. The monoisotopic (exact) mass is 465 g/mol. The minimum Gasteiger partial charge on any atom is -0.369 e. The summed E-state index contributed by atoms with van der Waals surface area (Å²) in [5.74, 6) is 0.181. The van der Waals surface area contributed by atoms with E-state index in [1.165, 1.54) is 23.9 Å². The minimum absolute atomic E-state index is 0.0746. The van der Waals surface area contributed by atoms with Crippen LogP contribution < -0.4 is 10.5 Å². The molecule has 0 spiro atoms. The van der Waals surface area contributed by atoms with Crippen LogP contribution in [0.1, 0.15) is 0 Å². The molecule has 0 aliphatic carbocycles. The molecule has 0 atom stereocenters. The molecule has 0 unspecified atom stereocenters. The summed E-state index contributed by atoms with van der Waals surface area (Å²) in [4.78, 5) is 11.4. The minimum atomic E-state index is -3.68. The molecule has 1 amide bonds. The highest BCUT2D eigenvalue weighted by molar-refractivity contribution is 7.99. The van der Waals surface area contributed by atoms with E-state index in [9.17, 15) is 13.2 Å². The van der Waals surface area contributed by atoms with Crippen LogP contribution in [0.4, 0.5) is 5.69 Å². The molecular weight excluding hydrogens is 446 g/mol. The topological polar surface area (TPSA) is 120 Å². The van der Waals surface area contributed by atoms with Crippen molar-refractivity contribution in [1.29, 1.82) is 0 Å². The average molecular weight is 466 g/mol. The van der Waals surface area contributed by atoms with Crippen molar-refractivity contribution < 1.29 is 13.2 Å². The fourth-order valence-electron chi connectivity index (χ4n) is 3.00. The number of nitrogens with one attached hydrogen (secondary N) is 1. The average Bonchev–Trinajstić information content (AvgIpc) is 3.23. The lowest BCUT2D eigenvalue weighted by molar-refractivity contribution is -0.115. The lowest BCUT2D eigenvalue weighted by Gasteiger charge is -2.11. The fraction of sp³-hybridized carbons (Fsp3) is 0.0455. The second kappa shape index (κ2) is 9.25. The zero-order chi connectivity index (χ0) is 22.6. The van der Waals surface area contributed by atoms with E-state index in [1.54, 1.807) is 42.5 Å². The molecule has 4 aromatic rings. The van der Waals surface area contributed by atoms with Crippen LogP contribution in [0.2, 0.25) is 0 Å². The molecule has 0 aliphatic rings. The molecule has 4 rings (SSSR count). The highest BCUT2D eigenvalue weighted by Crippen LogP contribution is 2.29. The van der Waals surface area contributed by atoms with E-state index >= 15 is 0 Å². The Morgan fingerprint density at radius 1 is 0.906 bits per heavy atom. The van der Waals surface area contributed by atoms with Crippen molar-refractivity contribution in [2.24, 2.45) is 5.73 Å². The second-order valence-electron chi connectivity index (χ2n) is 6.73. The number of carbonyl (C=O) groups excluding carboxylic acids is 1. The Balaban J connectivity index is 1.65. The molecule has 32 heavy (non-hydrogen) atoms. The van der Waals surface area contributed by atoms with E-state index in [0.29, 0.717) is 16.7 Å². The number of benzene rings is 3. The van der Waals surface area contributed by atoms with Gasteiger partial charge in [0.2, 0.25) is 5.91 Å². The van der Waals surface area contributed by atoms with Crippen molar-refractivity contribution in [3.8, 4) is 17.1 Å². The molecule has 0 radical (unpaired) electrons. The third kappa shape index (κ3) is 4.82. The van der Waals surface area contributed by atoms with Crippen LogP contribution in [0, 0.1) is 0 Å². The van der Waals surface area contributed by atoms with Crippen molar-refractivity contribution in [3.63, 3.8) is 0 Å². The lowest BCUT2D eigenvalue weighted by atomic mass is 10.2. The smallest absolute Gasteiger partial charge is 0.261 e. The summed E-state index contributed by atoms with van der Waals surface area (Å²) in [7, 11) is -3.68. The van der Waals surface area contributed by atoms with Crippen molar-refractivity contribution in [1.82, 2.24) is 14.8 Å². The summed E-state index contributed by atoms with van der Waals surface area (Å²) >= 11 is 1.20. The van der Waals surface area contributed by atoms with Gasteiger partial charge in [0, 0.05) is 16.9 Å². The number of rotatable bonds is 8. The Morgan fingerprint density at radius 2 is 1.53 bits per heavy atom. The quantitative estimate of drug-likeness (QED) is 0.385. The summed E-state index contributed by atoms with van der Waals surface area (Å²) in [5, 5.41) is 9.04. The Bertz CT molecular complexity index is 1320. The number of primary amides is 1. The van der Waals surface area contributed by atoms with E-state index in [-0.39, 0.29) is 10.6 Å². The predicted molar refractivity (Wildman–Crippen MR) is 124 cm³/mol. The molecule has 3 aromatic carbocycles. The van der Waals surface area contributed by atoms with Gasteiger partial charge in [0.15, 0.2) is 11.0 Å². The summed E-state index contributed by atoms with van der Waals surface area (Å²) in [6.45, 7) is 0. The largest absolute Gasteiger partial charge is 0.369 e. The summed E-state index contributed by atoms with van der Waals surface area (Å²) < 4.78 is 29.5. The molecule has 0 fully saturated rings. The number of anilines is 1. The van der Waals surface area contributed by atoms with E-state index in [0.717, 1.165) is 11.3 Å².